The van der Waals surface area contributed by atoms with Crippen molar-refractivity contribution in [2.24, 2.45) is 0 Å². The number of aromatic nitrogens is 1. The Hall–Kier alpha value is -4.59. The molecule has 0 aliphatic heterocycles. The molecule has 0 spiro atoms. The van der Waals surface area contributed by atoms with Crippen LogP contribution >= 0.6 is 0 Å². The zero-order chi connectivity index (χ0) is 24.1. The number of carboxylic acids is 1. The van der Waals surface area contributed by atoms with Gasteiger partial charge in [0, 0.05) is 29.1 Å². The Balaban J connectivity index is 1.41. The highest BCUT2D eigenvalue weighted by molar-refractivity contribution is 5.97. The summed E-state index contributed by atoms with van der Waals surface area (Å²) in [4.78, 5) is 38.7. The number of fused-ring (bicyclic) bond motifs is 1. The molecule has 0 unspecified atom stereocenters. The number of hydrogen-bond donors (Lipinski definition) is 4. The van der Waals surface area contributed by atoms with E-state index in [1.54, 1.807) is 42.6 Å². The van der Waals surface area contributed by atoms with Crippen LogP contribution in [-0.2, 0) is 17.8 Å². The molecule has 0 saturated carbocycles. The number of carbonyl (C=O) groups excluding carboxylic acids is 2. The number of ether oxygens (including phenoxy) is 1. The third kappa shape index (κ3) is 4.91. The number of phenols is 1. The van der Waals surface area contributed by atoms with Crippen LogP contribution in [0, 0.1) is 0 Å². The minimum Gasteiger partial charge on any atom is -0.507 e. The molecule has 1 atom stereocenters. The van der Waals surface area contributed by atoms with Gasteiger partial charge in [0.15, 0.2) is 6.29 Å². The lowest BCUT2D eigenvalue weighted by Crippen LogP contribution is -2.42. The van der Waals surface area contributed by atoms with E-state index in [0.717, 1.165) is 22.0 Å². The fraction of sp³-hybridized carbons (Fsp3) is 0.115. The van der Waals surface area contributed by atoms with Gasteiger partial charge >= 0.3 is 5.97 Å². The maximum absolute atomic E-state index is 12.7. The quantitative estimate of drug-likeness (QED) is 0.283. The number of aromatic hydroxyl groups is 1. The molecule has 8 nitrogen and oxygen atoms in total. The number of amides is 1. The number of aromatic amines is 1. The minimum absolute atomic E-state index is 0.0633. The van der Waals surface area contributed by atoms with Gasteiger partial charge in [0.05, 0.1) is 5.56 Å². The summed E-state index contributed by atoms with van der Waals surface area (Å²) >= 11 is 0. The van der Waals surface area contributed by atoms with Crippen LogP contribution in [0.3, 0.4) is 0 Å². The first-order chi connectivity index (χ1) is 16.5. The summed E-state index contributed by atoms with van der Waals surface area (Å²) in [5.41, 5.74) is 2.80. The molecule has 0 aliphatic carbocycles. The lowest BCUT2D eigenvalue weighted by atomic mass is 10.0. The summed E-state index contributed by atoms with van der Waals surface area (Å²) in [5, 5.41) is 22.9. The maximum Gasteiger partial charge on any atom is 0.326 e. The van der Waals surface area contributed by atoms with Crippen molar-refractivity contribution in [1.82, 2.24) is 10.3 Å². The Bertz CT molecular complexity index is 1340. The second kappa shape index (κ2) is 9.91. The molecule has 4 N–H and O–H groups in total. The second-order valence-corrected chi connectivity index (χ2v) is 7.72. The molecule has 3 aromatic carbocycles. The summed E-state index contributed by atoms with van der Waals surface area (Å²) in [7, 11) is 0. The molecule has 34 heavy (non-hydrogen) atoms. The predicted octanol–water partition coefficient (Wildman–Crippen LogP) is 3.69. The fourth-order valence-electron chi connectivity index (χ4n) is 3.65. The van der Waals surface area contributed by atoms with Gasteiger partial charge in [-0.1, -0.05) is 36.4 Å². The number of aldehydes is 1. The number of carboxylic acid groups (broad SMARTS) is 1. The zero-order valence-corrected chi connectivity index (χ0v) is 18.0. The molecule has 0 bridgehead atoms. The van der Waals surface area contributed by atoms with Crippen molar-refractivity contribution < 1.29 is 29.3 Å². The van der Waals surface area contributed by atoms with Gasteiger partial charge in [-0.2, -0.15) is 0 Å². The lowest BCUT2D eigenvalue weighted by Gasteiger charge is -2.15. The molecule has 0 radical (unpaired) electrons. The number of rotatable bonds is 9. The second-order valence-electron chi connectivity index (χ2n) is 7.72. The molecule has 1 aromatic heterocycles. The van der Waals surface area contributed by atoms with Gasteiger partial charge in [-0.05, 0) is 41.5 Å². The van der Waals surface area contributed by atoms with Crippen molar-refractivity contribution >= 4 is 29.1 Å². The van der Waals surface area contributed by atoms with E-state index in [4.69, 9.17) is 4.74 Å². The third-order valence-corrected chi connectivity index (χ3v) is 5.47. The van der Waals surface area contributed by atoms with Gasteiger partial charge in [-0.3, -0.25) is 9.59 Å². The standard InChI is InChI=1S/C26H22N2O6/c29-14-20-23(30)6-3-7-24(20)34-15-16-8-10-17(11-9-16)25(31)28-22(26(32)33)12-18-13-27-21-5-2-1-4-19(18)21/h1-11,13-14,22,27,30H,12,15H2,(H,28,31)(H,32,33)/t22-/m0/s1. The smallest absolute Gasteiger partial charge is 0.326 e. The van der Waals surface area contributed by atoms with E-state index in [2.05, 4.69) is 10.3 Å². The van der Waals surface area contributed by atoms with Crippen LogP contribution in [0.25, 0.3) is 10.9 Å². The molecule has 8 heteroatoms. The van der Waals surface area contributed by atoms with Crippen LogP contribution in [-0.4, -0.2) is 39.4 Å². The first-order valence-corrected chi connectivity index (χ1v) is 10.5. The normalized spacial score (nSPS) is 11.6. The van der Waals surface area contributed by atoms with Crippen molar-refractivity contribution in [3.05, 3.63) is 95.2 Å². The summed E-state index contributed by atoms with van der Waals surface area (Å²) in [6, 6.07) is 17.5. The van der Waals surface area contributed by atoms with Gasteiger partial charge in [0.2, 0.25) is 0 Å². The van der Waals surface area contributed by atoms with Gasteiger partial charge in [0.1, 0.15) is 24.1 Å². The van der Waals surface area contributed by atoms with Crippen molar-refractivity contribution in [1.29, 1.82) is 0 Å². The highest BCUT2D eigenvalue weighted by Crippen LogP contribution is 2.26. The average molecular weight is 458 g/mol. The number of nitrogens with one attached hydrogen (secondary N) is 2. The number of hydrogen-bond acceptors (Lipinski definition) is 5. The molecule has 1 heterocycles. The predicted molar refractivity (Wildman–Crippen MR) is 125 cm³/mol. The molecule has 4 rings (SSSR count). The maximum atomic E-state index is 12.7. The molecule has 0 fully saturated rings. The number of aliphatic carboxylic acids is 1. The monoisotopic (exact) mass is 458 g/mol. The number of phenolic OH excluding ortho intramolecular Hbond substituents is 1. The molecule has 4 aromatic rings. The Labute approximate surface area is 194 Å². The van der Waals surface area contributed by atoms with E-state index in [0.29, 0.717) is 11.8 Å². The molecular formula is C26H22N2O6. The number of H-pyrrole nitrogens is 1. The van der Waals surface area contributed by atoms with E-state index >= 15 is 0 Å². The highest BCUT2D eigenvalue weighted by Gasteiger charge is 2.22. The van der Waals surface area contributed by atoms with Crippen LogP contribution < -0.4 is 10.1 Å². The topological polar surface area (TPSA) is 129 Å². The lowest BCUT2D eigenvalue weighted by molar-refractivity contribution is -0.139. The van der Waals surface area contributed by atoms with Crippen LogP contribution in [0.1, 0.15) is 31.8 Å². The number of carbonyl (C=O) groups is 3. The first kappa shape index (κ1) is 22.6. The Morgan fingerprint density at radius 1 is 1.03 bits per heavy atom. The van der Waals surface area contributed by atoms with Gasteiger partial charge in [-0.15, -0.1) is 0 Å². The molecule has 172 valence electrons. The van der Waals surface area contributed by atoms with Gasteiger partial charge < -0.3 is 25.3 Å². The summed E-state index contributed by atoms with van der Waals surface area (Å²) in [5.74, 6) is -1.55. The Morgan fingerprint density at radius 2 is 1.79 bits per heavy atom. The van der Waals surface area contributed by atoms with Gasteiger partial charge in [0.25, 0.3) is 5.91 Å². The molecule has 0 saturated heterocycles. The third-order valence-electron chi connectivity index (χ3n) is 5.47. The molecular weight excluding hydrogens is 436 g/mol. The van der Waals surface area contributed by atoms with E-state index in [1.165, 1.54) is 6.07 Å². The molecule has 1 amide bonds. The Morgan fingerprint density at radius 3 is 2.53 bits per heavy atom. The zero-order valence-electron chi connectivity index (χ0n) is 18.0. The first-order valence-electron chi connectivity index (χ1n) is 10.5. The van der Waals surface area contributed by atoms with Crippen LogP contribution in [0.5, 0.6) is 11.5 Å². The van der Waals surface area contributed by atoms with Crippen molar-refractivity contribution in [3.63, 3.8) is 0 Å². The summed E-state index contributed by atoms with van der Waals surface area (Å²) in [6.45, 7) is 0.116. The van der Waals surface area contributed by atoms with E-state index in [1.807, 2.05) is 24.3 Å². The fourth-order valence-corrected chi connectivity index (χ4v) is 3.65. The van der Waals surface area contributed by atoms with E-state index in [9.17, 15) is 24.6 Å². The Kier molecular flexibility index (Phi) is 6.59. The van der Waals surface area contributed by atoms with Crippen molar-refractivity contribution in [2.75, 3.05) is 0 Å². The van der Waals surface area contributed by atoms with E-state index in [-0.39, 0.29) is 30.1 Å². The van der Waals surface area contributed by atoms with Crippen molar-refractivity contribution in [2.45, 2.75) is 19.1 Å². The number of benzene rings is 3. The SMILES string of the molecule is O=Cc1c(O)cccc1OCc1ccc(C(=O)N[C@@H](Cc2c[nH]c3ccccc23)C(=O)O)cc1. The van der Waals surface area contributed by atoms with Crippen LogP contribution in [0.2, 0.25) is 0 Å². The summed E-state index contributed by atoms with van der Waals surface area (Å²) < 4.78 is 5.61. The summed E-state index contributed by atoms with van der Waals surface area (Å²) in [6.07, 6.45) is 2.41. The number of para-hydroxylation sites is 1. The van der Waals surface area contributed by atoms with Crippen molar-refractivity contribution in [3.8, 4) is 11.5 Å². The largest absolute Gasteiger partial charge is 0.507 e. The highest BCUT2D eigenvalue weighted by atomic mass is 16.5. The van der Waals surface area contributed by atoms with E-state index < -0.39 is 17.9 Å². The average Bonchev–Trinajstić information content (AvgIpc) is 3.25. The van der Waals surface area contributed by atoms with Crippen LogP contribution in [0.4, 0.5) is 0 Å². The molecule has 0 aliphatic rings. The van der Waals surface area contributed by atoms with Gasteiger partial charge in [-0.25, -0.2) is 4.79 Å². The van der Waals surface area contributed by atoms with Crippen LogP contribution in [0.15, 0.2) is 72.9 Å². The minimum atomic E-state index is -1.12.